The molecule has 2 heterocycles. The molecule has 2 aliphatic heterocycles. The number of aliphatic carboxylic acids is 1. The first-order valence-corrected chi connectivity index (χ1v) is 6.84. The highest BCUT2D eigenvalue weighted by atomic mass is 16.4. The summed E-state index contributed by atoms with van der Waals surface area (Å²) in [5, 5.41) is 12.7. The lowest BCUT2D eigenvalue weighted by atomic mass is 9.74. The van der Waals surface area contributed by atoms with Crippen molar-refractivity contribution in [2.24, 2.45) is 5.41 Å². The van der Waals surface area contributed by atoms with E-state index in [1.165, 1.54) is 19.3 Å². The average Bonchev–Trinajstić information content (AvgIpc) is 2.30. The Hall–Kier alpha value is -0.610. The molecule has 4 heteroatoms. The molecule has 17 heavy (non-hydrogen) atoms. The Bertz CT molecular complexity index is 269. The van der Waals surface area contributed by atoms with Gasteiger partial charge in [-0.05, 0) is 50.6 Å². The first-order chi connectivity index (χ1) is 8.17. The number of nitrogens with one attached hydrogen (secondary N) is 1. The quantitative estimate of drug-likeness (QED) is 0.781. The number of nitrogens with zero attached hydrogens (tertiary/aromatic N) is 1. The van der Waals surface area contributed by atoms with Crippen LogP contribution in [0.1, 0.15) is 39.0 Å². The predicted octanol–water partition coefficient (Wildman–Crippen LogP) is 1.32. The molecular weight excluding hydrogens is 216 g/mol. The number of hydrogen-bond donors (Lipinski definition) is 2. The summed E-state index contributed by atoms with van der Waals surface area (Å²) in [6.07, 6.45) is 5.60. The van der Waals surface area contributed by atoms with Gasteiger partial charge in [-0.25, -0.2) is 0 Å². The summed E-state index contributed by atoms with van der Waals surface area (Å²) in [4.78, 5) is 13.4. The zero-order valence-electron chi connectivity index (χ0n) is 10.7. The van der Waals surface area contributed by atoms with Crippen molar-refractivity contribution in [2.75, 3.05) is 26.2 Å². The van der Waals surface area contributed by atoms with E-state index in [1.54, 1.807) is 0 Å². The highest BCUT2D eigenvalue weighted by molar-refractivity contribution is 5.73. The van der Waals surface area contributed by atoms with Gasteiger partial charge in [0.25, 0.3) is 0 Å². The molecule has 4 nitrogen and oxygen atoms in total. The maximum absolute atomic E-state index is 11.2. The van der Waals surface area contributed by atoms with E-state index in [0.717, 1.165) is 32.6 Å². The number of likely N-dealkylation sites (tertiary alicyclic amines) is 1. The Morgan fingerprint density at radius 3 is 2.82 bits per heavy atom. The SMILES string of the molecule is CCC(C(=O)O)N1CCCC2(CCCNC2)C1. The van der Waals surface area contributed by atoms with Gasteiger partial charge in [0.1, 0.15) is 6.04 Å². The summed E-state index contributed by atoms with van der Waals surface area (Å²) in [7, 11) is 0. The number of carboxylic acids is 1. The zero-order valence-corrected chi connectivity index (χ0v) is 10.7. The molecule has 0 aliphatic carbocycles. The molecule has 98 valence electrons. The molecular formula is C13H24N2O2. The number of piperidine rings is 2. The number of hydrogen-bond acceptors (Lipinski definition) is 3. The number of carbonyl (C=O) groups is 1. The summed E-state index contributed by atoms with van der Waals surface area (Å²) >= 11 is 0. The second-order valence-electron chi connectivity index (χ2n) is 5.62. The molecule has 2 saturated heterocycles. The molecule has 2 aliphatic rings. The van der Waals surface area contributed by atoms with Crippen molar-refractivity contribution in [1.82, 2.24) is 10.2 Å². The van der Waals surface area contributed by atoms with Gasteiger partial charge in [0.2, 0.25) is 0 Å². The third-order valence-electron chi connectivity index (χ3n) is 4.36. The third kappa shape index (κ3) is 2.80. The molecule has 2 N–H and O–H groups in total. The summed E-state index contributed by atoms with van der Waals surface area (Å²) in [5.74, 6) is -0.659. The smallest absolute Gasteiger partial charge is 0.320 e. The van der Waals surface area contributed by atoms with Gasteiger partial charge in [-0.3, -0.25) is 9.69 Å². The van der Waals surface area contributed by atoms with Gasteiger partial charge in [0, 0.05) is 13.1 Å². The number of rotatable bonds is 3. The Morgan fingerprint density at radius 2 is 2.24 bits per heavy atom. The largest absolute Gasteiger partial charge is 0.480 e. The molecule has 2 fully saturated rings. The third-order valence-corrected chi connectivity index (χ3v) is 4.36. The molecule has 1 spiro atoms. The molecule has 0 amide bonds. The van der Waals surface area contributed by atoms with Crippen molar-refractivity contribution in [1.29, 1.82) is 0 Å². The molecule has 2 rings (SSSR count). The van der Waals surface area contributed by atoms with Gasteiger partial charge >= 0.3 is 5.97 Å². The lowest BCUT2D eigenvalue weighted by Gasteiger charge is -2.47. The monoisotopic (exact) mass is 240 g/mol. The van der Waals surface area contributed by atoms with Crippen LogP contribution in [0.25, 0.3) is 0 Å². The maximum atomic E-state index is 11.2. The summed E-state index contributed by atoms with van der Waals surface area (Å²) in [5.41, 5.74) is 0.347. The number of carboxylic acid groups (broad SMARTS) is 1. The lowest BCUT2D eigenvalue weighted by Crippen LogP contribution is -2.55. The molecule has 0 radical (unpaired) electrons. The van der Waals surface area contributed by atoms with Gasteiger partial charge < -0.3 is 10.4 Å². The summed E-state index contributed by atoms with van der Waals surface area (Å²) < 4.78 is 0. The standard InChI is InChI=1S/C13H24N2O2/c1-2-11(12(16)17)15-8-4-6-13(10-15)5-3-7-14-9-13/h11,14H,2-10H2,1H3,(H,16,17). The maximum Gasteiger partial charge on any atom is 0.320 e. The van der Waals surface area contributed by atoms with Crippen LogP contribution in [0, 0.1) is 5.41 Å². The highest BCUT2D eigenvalue weighted by Crippen LogP contribution is 2.36. The van der Waals surface area contributed by atoms with E-state index in [9.17, 15) is 9.90 Å². The predicted molar refractivity (Wildman–Crippen MR) is 67.1 cm³/mol. The van der Waals surface area contributed by atoms with Crippen LogP contribution in [0.15, 0.2) is 0 Å². The van der Waals surface area contributed by atoms with Gasteiger partial charge in [-0.1, -0.05) is 6.92 Å². The van der Waals surface area contributed by atoms with Crippen molar-refractivity contribution in [3.8, 4) is 0 Å². The topological polar surface area (TPSA) is 52.6 Å². The molecule has 0 aromatic heterocycles. The van der Waals surface area contributed by atoms with E-state index in [1.807, 2.05) is 6.92 Å². The summed E-state index contributed by atoms with van der Waals surface area (Å²) in [6.45, 7) is 6.08. The summed E-state index contributed by atoms with van der Waals surface area (Å²) in [6, 6.07) is -0.283. The first kappa shape index (κ1) is 12.8. The minimum atomic E-state index is -0.659. The molecule has 0 aromatic carbocycles. The van der Waals surface area contributed by atoms with Gasteiger partial charge in [0.15, 0.2) is 0 Å². The average molecular weight is 240 g/mol. The van der Waals surface area contributed by atoms with Crippen molar-refractivity contribution in [3.63, 3.8) is 0 Å². The Kier molecular flexibility index (Phi) is 4.05. The highest BCUT2D eigenvalue weighted by Gasteiger charge is 2.39. The second-order valence-corrected chi connectivity index (χ2v) is 5.62. The van der Waals surface area contributed by atoms with Crippen LogP contribution in [0.5, 0.6) is 0 Å². The van der Waals surface area contributed by atoms with E-state index in [-0.39, 0.29) is 6.04 Å². The van der Waals surface area contributed by atoms with Crippen LogP contribution in [0.2, 0.25) is 0 Å². The van der Waals surface area contributed by atoms with Crippen LogP contribution in [0.3, 0.4) is 0 Å². The van der Waals surface area contributed by atoms with Gasteiger partial charge in [-0.2, -0.15) is 0 Å². The molecule has 0 saturated carbocycles. The Balaban J connectivity index is 2.02. The Morgan fingerprint density at radius 1 is 1.47 bits per heavy atom. The fraction of sp³-hybridized carbons (Fsp3) is 0.923. The molecule has 2 atom stereocenters. The first-order valence-electron chi connectivity index (χ1n) is 6.84. The van der Waals surface area contributed by atoms with Crippen LogP contribution in [-0.4, -0.2) is 48.2 Å². The van der Waals surface area contributed by atoms with E-state index in [2.05, 4.69) is 10.2 Å². The molecule has 0 aromatic rings. The van der Waals surface area contributed by atoms with Crippen LogP contribution in [-0.2, 0) is 4.79 Å². The van der Waals surface area contributed by atoms with Crippen LogP contribution in [0.4, 0.5) is 0 Å². The second kappa shape index (κ2) is 5.36. The minimum absolute atomic E-state index is 0.283. The van der Waals surface area contributed by atoms with Crippen molar-refractivity contribution >= 4 is 5.97 Å². The van der Waals surface area contributed by atoms with Crippen molar-refractivity contribution in [2.45, 2.75) is 45.1 Å². The minimum Gasteiger partial charge on any atom is -0.480 e. The Labute approximate surface area is 103 Å². The van der Waals surface area contributed by atoms with E-state index < -0.39 is 5.97 Å². The fourth-order valence-electron chi connectivity index (χ4n) is 3.48. The van der Waals surface area contributed by atoms with Crippen LogP contribution < -0.4 is 5.32 Å². The van der Waals surface area contributed by atoms with Gasteiger partial charge in [0.05, 0.1) is 0 Å². The van der Waals surface area contributed by atoms with E-state index in [4.69, 9.17) is 0 Å². The van der Waals surface area contributed by atoms with Gasteiger partial charge in [-0.15, -0.1) is 0 Å². The van der Waals surface area contributed by atoms with Crippen molar-refractivity contribution < 1.29 is 9.90 Å². The normalized spacial score (nSPS) is 32.5. The molecule has 0 bridgehead atoms. The zero-order chi connectivity index (χ0) is 12.3. The van der Waals surface area contributed by atoms with E-state index in [0.29, 0.717) is 11.8 Å². The lowest BCUT2D eigenvalue weighted by molar-refractivity contribution is -0.145. The molecule has 2 unspecified atom stereocenters. The van der Waals surface area contributed by atoms with Crippen LogP contribution >= 0.6 is 0 Å². The van der Waals surface area contributed by atoms with Crippen molar-refractivity contribution in [3.05, 3.63) is 0 Å². The van der Waals surface area contributed by atoms with E-state index >= 15 is 0 Å². The fourth-order valence-corrected chi connectivity index (χ4v) is 3.48.